The van der Waals surface area contributed by atoms with E-state index >= 15 is 0 Å². The van der Waals surface area contributed by atoms with Crippen LogP contribution in [0.1, 0.15) is 12.0 Å². The molecule has 2 rings (SSSR count). The lowest BCUT2D eigenvalue weighted by Gasteiger charge is -2.11. The summed E-state index contributed by atoms with van der Waals surface area (Å²) in [5.41, 5.74) is 1.04. The molecule has 1 aromatic carbocycles. The van der Waals surface area contributed by atoms with Crippen molar-refractivity contribution in [1.82, 2.24) is 0 Å². The Bertz CT molecular complexity index is 593. The Kier molecular flexibility index (Phi) is 4.17. The van der Waals surface area contributed by atoms with Crippen LogP contribution in [0.2, 0.25) is 0 Å². The molecule has 104 valence electrons. The van der Waals surface area contributed by atoms with Crippen molar-refractivity contribution in [2.24, 2.45) is 11.1 Å². The summed E-state index contributed by atoms with van der Waals surface area (Å²) in [6.07, 6.45) is 0.865. The molecule has 0 radical (unpaired) electrons. The highest BCUT2D eigenvalue weighted by Gasteiger charge is 2.23. The summed E-state index contributed by atoms with van der Waals surface area (Å²) in [6, 6.07) is 4.73. The predicted molar refractivity (Wildman–Crippen MR) is 76.6 cm³/mol. The Labute approximate surface area is 117 Å². The summed E-state index contributed by atoms with van der Waals surface area (Å²) in [7, 11) is -3.77. The molecule has 3 N–H and O–H groups in total. The molecule has 0 bridgehead atoms. The minimum atomic E-state index is -3.77. The number of rotatable bonds is 3. The zero-order chi connectivity index (χ0) is 14.0. The van der Waals surface area contributed by atoms with Crippen LogP contribution in [0.25, 0.3) is 0 Å². The Morgan fingerprint density at radius 2 is 2.21 bits per heavy atom. The van der Waals surface area contributed by atoms with Crippen LogP contribution in [-0.4, -0.2) is 25.8 Å². The molecule has 0 aliphatic carbocycles. The number of aryl methyl sites for hydroxylation is 1. The number of hydrogen-bond acceptors (Lipinski definition) is 4. The van der Waals surface area contributed by atoms with Gasteiger partial charge in [0.05, 0.1) is 4.90 Å². The molecule has 0 saturated carbocycles. The van der Waals surface area contributed by atoms with Gasteiger partial charge in [-0.05, 0) is 36.8 Å². The average molecular weight is 300 g/mol. The third kappa shape index (κ3) is 3.49. The first-order chi connectivity index (χ1) is 8.88. The van der Waals surface area contributed by atoms with E-state index in [0.29, 0.717) is 11.3 Å². The molecule has 0 aromatic heterocycles. The maximum absolute atomic E-state index is 12.0. The van der Waals surface area contributed by atoms with E-state index in [1.165, 1.54) is 6.07 Å². The topological polar surface area (TPSA) is 89.3 Å². The molecule has 1 aliphatic rings. The number of carbonyl (C=O) groups excluding carboxylic acids is 1. The molecular formula is C12H16N2O3S2. The minimum absolute atomic E-state index is 0.00392. The third-order valence-corrected chi connectivity index (χ3v) is 5.28. The third-order valence-electron chi connectivity index (χ3n) is 3.06. The molecule has 0 spiro atoms. The van der Waals surface area contributed by atoms with Gasteiger partial charge < -0.3 is 5.32 Å². The van der Waals surface area contributed by atoms with Crippen molar-refractivity contribution in [3.8, 4) is 0 Å². The largest absolute Gasteiger partial charge is 0.326 e. The van der Waals surface area contributed by atoms with Gasteiger partial charge in [-0.25, -0.2) is 13.6 Å². The highest BCUT2D eigenvalue weighted by atomic mass is 32.2. The van der Waals surface area contributed by atoms with E-state index < -0.39 is 10.0 Å². The second kappa shape index (κ2) is 5.52. The maximum Gasteiger partial charge on any atom is 0.238 e. The molecular weight excluding hydrogens is 284 g/mol. The average Bonchev–Trinajstić information content (AvgIpc) is 2.83. The maximum atomic E-state index is 12.0. The van der Waals surface area contributed by atoms with Crippen molar-refractivity contribution in [2.75, 3.05) is 16.8 Å². The molecule has 1 unspecified atom stereocenters. The molecule has 1 aromatic rings. The molecule has 19 heavy (non-hydrogen) atoms. The molecule has 7 heteroatoms. The van der Waals surface area contributed by atoms with Crippen molar-refractivity contribution in [3.05, 3.63) is 23.8 Å². The summed E-state index contributed by atoms with van der Waals surface area (Å²) in [6.45, 7) is 1.67. The molecule has 1 fully saturated rings. The van der Waals surface area contributed by atoms with Gasteiger partial charge >= 0.3 is 0 Å². The van der Waals surface area contributed by atoms with Crippen LogP contribution in [0.4, 0.5) is 5.69 Å². The molecule has 1 amide bonds. The Morgan fingerprint density at radius 3 is 2.79 bits per heavy atom. The first-order valence-electron chi connectivity index (χ1n) is 5.90. The van der Waals surface area contributed by atoms with Gasteiger partial charge in [-0.15, -0.1) is 0 Å². The van der Waals surface area contributed by atoms with Gasteiger partial charge in [-0.2, -0.15) is 11.8 Å². The quantitative estimate of drug-likeness (QED) is 0.881. The molecule has 1 saturated heterocycles. The zero-order valence-electron chi connectivity index (χ0n) is 10.5. The Morgan fingerprint density at radius 1 is 1.47 bits per heavy atom. The van der Waals surface area contributed by atoms with Gasteiger partial charge in [0.25, 0.3) is 0 Å². The van der Waals surface area contributed by atoms with Crippen LogP contribution in [0, 0.1) is 12.8 Å². The van der Waals surface area contributed by atoms with E-state index in [0.717, 1.165) is 17.9 Å². The fourth-order valence-corrected chi connectivity index (χ4v) is 4.00. The smallest absolute Gasteiger partial charge is 0.238 e. The van der Waals surface area contributed by atoms with Crippen LogP contribution < -0.4 is 10.5 Å². The SMILES string of the molecule is Cc1ccc(NC(=O)C2CCSC2)cc1S(N)(=O)=O. The van der Waals surface area contributed by atoms with Gasteiger partial charge in [0.1, 0.15) is 0 Å². The van der Waals surface area contributed by atoms with Crippen molar-refractivity contribution in [1.29, 1.82) is 0 Å². The van der Waals surface area contributed by atoms with E-state index in [-0.39, 0.29) is 16.7 Å². The van der Waals surface area contributed by atoms with Crippen molar-refractivity contribution in [3.63, 3.8) is 0 Å². The monoisotopic (exact) mass is 300 g/mol. The van der Waals surface area contributed by atoms with Gasteiger partial charge in [0.2, 0.25) is 15.9 Å². The van der Waals surface area contributed by atoms with Crippen LogP contribution in [-0.2, 0) is 14.8 Å². The van der Waals surface area contributed by atoms with Crippen molar-refractivity contribution < 1.29 is 13.2 Å². The fraction of sp³-hybridized carbons (Fsp3) is 0.417. The lowest BCUT2D eigenvalue weighted by molar-refractivity contribution is -0.119. The highest BCUT2D eigenvalue weighted by molar-refractivity contribution is 7.99. The zero-order valence-corrected chi connectivity index (χ0v) is 12.2. The summed E-state index contributed by atoms with van der Waals surface area (Å²) in [4.78, 5) is 12.0. The number of nitrogens with one attached hydrogen (secondary N) is 1. The van der Waals surface area contributed by atoms with E-state index in [4.69, 9.17) is 5.14 Å². The lowest BCUT2D eigenvalue weighted by Crippen LogP contribution is -2.22. The van der Waals surface area contributed by atoms with E-state index in [1.54, 1.807) is 30.8 Å². The van der Waals surface area contributed by atoms with Gasteiger partial charge in [0, 0.05) is 17.4 Å². The van der Waals surface area contributed by atoms with Crippen LogP contribution in [0.15, 0.2) is 23.1 Å². The number of primary sulfonamides is 1. The summed E-state index contributed by atoms with van der Waals surface area (Å²) in [5.74, 6) is 1.76. The first-order valence-corrected chi connectivity index (χ1v) is 8.60. The number of thioether (sulfide) groups is 1. The fourth-order valence-electron chi connectivity index (χ4n) is 1.97. The number of amides is 1. The summed E-state index contributed by atoms with van der Waals surface area (Å²) in [5, 5.41) is 7.89. The number of anilines is 1. The van der Waals surface area contributed by atoms with Crippen LogP contribution in [0.5, 0.6) is 0 Å². The summed E-state index contributed by atoms with van der Waals surface area (Å²) < 4.78 is 22.8. The molecule has 1 atom stereocenters. The molecule has 1 aliphatic heterocycles. The van der Waals surface area contributed by atoms with Crippen LogP contribution >= 0.6 is 11.8 Å². The minimum Gasteiger partial charge on any atom is -0.326 e. The summed E-state index contributed by atoms with van der Waals surface area (Å²) >= 11 is 1.75. The number of carbonyl (C=O) groups is 1. The van der Waals surface area contributed by atoms with Crippen molar-refractivity contribution in [2.45, 2.75) is 18.2 Å². The first kappa shape index (κ1) is 14.4. The Hall–Kier alpha value is -1.05. The van der Waals surface area contributed by atoms with Gasteiger partial charge in [0.15, 0.2) is 0 Å². The normalized spacial score (nSPS) is 19.4. The second-order valence-corrected chi connectivity index (χ2v) is 7.25. The number of benzene rings is 1. The number of hydrogen-bond donors (Lipinski definition) is 2. The van der Waals surface area contributed by atoms with E-state index in [1.807, 2.05) is 0 Å². The van der Waals surface area contributed by atoms with Gasteiger partial charge in [-0.1, -0.05) is 6.07 Å². The van der Waals surface area contributed by atoms with Crippen LogP contribution in [0.3, 0.4) is 0 Å². The Balaban J connectivity index is 2.19. The highest BCUT2D eigenvalue weighted by Crippen LogP contribution is 2.25. The second-order valence-electron chi connectivity index (χ2n) is 4.58. The number of sulfonamides is 1. The molecule has 5 nitrogen and oxygen atoms in total. The lowest BCUT2D eigenvalue weighted by atomic mass is 10.1. The van der Waals surface area contributed by atoms with Gasteiger partial charge in [-0.3, -0.25) is 4.79 Å². The standard InChI is InChI=1S/C12H16N2O3S2/c1-8-2-3-10(6-11(8)19(13,16)17)14-12(15)9-4-5-18-7-9/h2-3,6,9H,4-5,7H2,1H3,(H,14,15)(H2,13,16,17). The molecule has 1 heterocycles. The van der Waals surface area contributed by atoms with E-state index in [9.17, 15) is 13.2 Å². The predicted octanol–water partition coefficient (Wildman–Crippen LogP) is 1.33. The van der Waals surface area contributed by atoms with Crippen molar-refractivity contribution >= 4 is 33.4 Å². The number of nitrogens with two attached hydrogens (primary N) is 1. The van der Waals surface area contributed by atoms with E-state index in [2.05, 4.69) is 5.32 Å².